The highest BCUT2D eigenvalue weighted by Gasteiger charge is 2.32. The molecule has 5 rings (SSSR count). The molecule has 1 amide bonds. The lowest BCUT2D eigenvalue weighted by Crippen LogP contribution is -2.26. The molecule has 2 aromatic carbocycles. The quantitative estimate of drug-likeness (QED) is 0.371. The normalized spacial score (nSPS) is 21.0. The molecule has 0 saturated heterocycles. The maximum atomic E-state index is 12.6. The highest BCUT2D eigenvalue weighted by molar-refractivity contribution is 6.38. The number of fused-ring (bicyclic) bond motifs is 1. The first kappa shape index (κ1) is 20.6. The Morgan fingerprint density at radius 2 is 1.97 bits per heavy atom. The van der Waals surface area contributed by atoms with E-state index in [1.807, 2.05) is 24.3 Å². The lowest BCUT2D eigenvalue weighted by Gasteiger charge is -2.31. The van der Waals surface area contributed by atoms with Crippen molar-refractivity contribution in [3.63, 3.8) is 0 Å². The fourth-order valence-electron chi connectivity index (χ4n) is 4.15. The smallest absolute Gasteiger partial charge is 0.260 e. The van der Waals surface area contributed by atoms with Crippen LogP contribution in [-0.2, 0) is 4.79 Å². The SMILES string of the molecule is CCOc1cc(/C(O)=C2/C(=O)Nc3cc(Cl)c(-c4ccc(C5CC(O)C5)cc4)cc32)on1. The van der Waals surface area contributed by atoms with Gasteiger partial charge in [-0.2, -0.15) is 0 Å². The number of ether oxygens (including phenoxy) is 1. The molecular formula is C24H21ClN2O5. The van der Waals surface area contributed by atoms with Gasteiger partial charge in [0.15, 0.2) is 5.76 Å². The molecule has 3 aromatic rings. The van der Waals surface area contributed by atoms with E-state index >= 15 is 0 Å². The standard InChI is InChI=1S/C24H21ClN2O5/c1-2-31-21-11-20(32-27-21)23(29)22-17-9-16(18(25)10-19(17)26-24(22)30)13-5-3-12(4-6-13)14-7-15(28)8-14/h3-6,9-11,14-15,28-29H,2,7-8H2,1H3,(H,26,30)/b23-22-. The van der Waals surface area contributed by atoms with Crippen LogP contribution in [0.25, 0.3) is 22.5 Å². The second kappa shape index (κ2) is 8.00. The van der Waals surface area contributed by atoms with Crippen molar-refractivity contribution in [1.29, 1.82) is 0 Å². The fourth-order valence-corrected chi connectivity index (χ4v) is 4.42. The second-order valence-corrected chi connectivity index (χ2v) is 8.37. The number of nitrogens with one attached hydrogen (secondary N) is 1. The Morgan fingerprint density at radius 1 is 1.22 bits per heavy atom. The molecule has 32 heavy (non-hydrogen) atoms. The van der Waals surface area contributed by atoms with E-state index in [0.29, 0.717) is 28.8 Å². The largest absolute Gasteiger partial charge is 0.504 e. The zero-order chi connectivity index (χ0) is 22.4. The minimum absolute atomic E-state index is 0.0370. The van der Waals surface area contributed by atoms with Crippen molar-refractivity contribution in [2.75, 3.05) is 11.9 Å². The van der Waals surface area contributed by atoms with Gasteiger partial charge in [0, 0.05) is 11.1 Å². The van der Waals surface area contributed by atoms with E-state index in [1.54, 1.807) is 19.1 Å². The molecule has 1 aliphatic carbocycles. The third-order valence-electron chi connectivity index (χ3n) is 5.91. The molecule has 0 spiro atoms. The van der Waals surface area contributed by atoms with Crippen LogP contribution in [0.5, 0.6) is 5.88 Å². The number of carbonyl (C=O) groups is 1. The van der Waals surface area contributed by atoms with Gasteiger partial charge in [0.1, 0.15) is 0 Å². The Bertz CT molecular complexity index is 1230. The summed E-state index contributed by atoms with van der Waals surface area (Å²) >= 11 is 6.52. The highest BCUT2D eigenvalue weighted by Crippen LogP contribution is 2.43. The molecule has 8 heteroatoms. The summed E-state index contributed by atoms with van der Waals surface area (Å²) in [5.74, 6) is -0.142. The Balaban J connectivity index is 1.52. The van der Waals surface area contributed by atoms with Crippen LogP contribution in [0.4, 0.5) is 5.69 Å². The van der Waals surface area contributed by atoms with Crippen LogP contribution < -0.4 is 10.1 Å². The third kappa shape index (κ3) is 3.53. The molecule has 164 valence electrons. The average Bonchev–Trinajstić information content (AvgIpc) is 3.34. The van der Waals surface area contributed by atoms with Crippen molar-refractivity contribution >= 4 is 34.5 Å². The number of rotatable bonds is 5. The number of benzene rings is 2. The molecular weight excluding hydrogens is 432 g/mol. The summed E-state index contributed by atoms with van der Waals surface area (Å²) in [7, 11) is 0. The van der Waals surface area contributed by atoms with Crippen molar-refractivity contribution in [2.24, 2.45) is 0 Å². The summed E-state index contributed by atoms with van der Waals surface area (Å²) in [5, 5.41) is 27.3. The lowest BCUT2D eigenvalue weighted by atomic mass is 9.77. The number of aliphatic hydroxyl groups is 2. The van der Waals surface area contributed by atoms with E-state index in [1.165, 1.54) is 11.6 Å². The molecule has 1 aliphatic heterocycles. The van der Waals surface area contributed by atoms with E-state index in [0.717, 1.165) is 24.0 Å². The Kier molecular flexibility index (Phi) is 5.15. The predicted molar refractivity (Wildman–Crippen MR) is 121 cm³/mol. The summed E-state index contributed by atoms with van der Waals surface area (Å²) in [4.78, 5) is 12.6. The minimum atomic E-state index is -0.459. The van der Waals surface area contributed by atoms with Crippen LogP contribution >= 0.6 is 11.6 Å². The summed E-state index contributed by atoms with van der Waals surface area (Å²) in [6, 6.07) is 12.9. The van der Waals surface area contributed by atoms with E-state index in [4.69, 9.17) is 20.9 Å². The molecule has 0 radical (unpaired) electrons. The van der Waals surface area contributed by atoms with Gasteiger partial charge in [-0.15, -0.1) is 0 Å². The van der Waals surface area contributed by atoms with E-state index in [-0.39, 0.29) is 29.1 Å². The molecule has 2 aliphatic rings. The fraction of sp³-hybridized carbons (Fsp3) is 0.250. The van der Waals surface area contributed by atoms with Gasteiger partial charge in [-0.05, 0) is 54.1 Å². The van der Waals surface area contributed by atoms with Crippen molar-refractivity contribution in [3.05, 3.63) is 64.4 Å². The first-order chi connectivity index (χ1) is 15.4. The minimum Gasteiger partial charge on any atom is -0.504 e. The number of aliphatic hydroxyl groups excluding tert-OH is 2. The van der Waals surface area contributed by atoms with Gasteiger partial charge in [0.25, 0.3) is 11.8 Å². The lowest BCUT2D eigenvalue weighted by molar-refractivity contribution is -0.110. The van der Waals surface area contributed by atoms with Gasteiger partial charge in [0.2, 0.25) is 5.76 Å². The molecule has 1 saturated carbocycles. The Morgan fingerprint density at radius 3 is 2.66 bits per heavy atom. The molecule has 0 bridgehead atoms. The zero-order valence-electron chi connectivity index (χ0n) is 17.3. The molecule has 2 heterocycles. The van der Waals surface area contributed by atoms with Gasteiger partial charge >= 0.3 is 0 Å². The first-order valence-corrected chi connectivity index (χ1v) is 10.8. The van der Waals surface area contributed by atoms with Crippen molar-refractivity contribution in [1.82, 2.24) is 5.16 Å². The maximum Gasteiger partial charge on any atom is 0.260 e. The molecule has 1 aromatic heterocycles. The molecule has 1 fully saturated rings. The summed E-state index contributed by atoms with van der Waals surface area (Å²) < 4.78 is 10.4. The first-order valence-electron chi connectivity index (χ1n) is 10.4. The third-order valence-corrected chi connectivity index (χ3v) is 6.22. The number of halogens is 1. The van der Waals surface area contributed by atoms with Gasteiger partial charge in [-0.1, -0.05) is 35.9 Å². The topological polar surface area (TPSA) is 105 Å². The zero-order valence-corrected chi connectivity index (χ0v) is 18.0. The van der Waals surface area contributed by atoms with E-state index in [2.05, 4.69) is 10.5 Å². The van der Waals surface area contributed by atoms with Crippen molar-refractivity contribution in [2.45, 2.75) is 31.8 Å². The van der Waals surface area contributed by atoms with Crippen molar-refractivity contribution in [3.8, 4) is 17.0 Å². The summed E-state index contributed by atoms with van der Waals surface area (Å²) in [6.45, 7) is 2.20. The van der Waals surface area contributed by atoms with Crippen LogP contribution in [0.2, 0.25) is 5.02 Å². The Labute approximate surface area is 189 Å². The monoisotopic (exact) mass is 452 g/mol. The molecule has 7 nitrogen and oxygen atoms in total. The Hall–Kier alpha value is -3.29. The number of nitrogens with zero attached hydrogens (tertiary/aromatic N) is 1. The van der Waals surface area contributed by atoms with Crippen LogP contribution in [0.1, 0.15) is 42.6 Å². The number of carbonyl (C=O) groups excluding carboxylic acids is 1. The number of aromatic nitrogens is 1. The van der Waals surface area contributed by atoms with Gasteiger partial charge in [-0.3, -0.25) is 4.79 Å². The number of anilines is 1. The molecule has 0 unspecified atom stereocenters. The van der Waals surface area contributed by atoms with Crippen LogP contribution in [-0.4, -0.2) is 34.0 Å². The predicted octanol–water partition coefficient (Wildman–Crippen LogP) is 5.01. The van der Waals surface area contributed by atoms with E-state index < -0.39 is 5.91 Å². The summed E-state index contributed by atoms with van der Waals surface area (Å²) in [6.07, 6.45) is 1.36. The molecule has 3 N–H and O–H groups in total. The average molecular weight is 453 g/mol. The highest BCUT2D eigenvalue weighted by atomic mass is 35.5. The number of amides is 1. The molecule has 0 atom stereocenters. The number of hydrogen-bond acceptors (Lipinski definition) is 6. The van der Waals surface area contributed by atoms with Crippen LogP contribution in [0, 0.1) is 0 Å². The van der Waals surface area contributed by atoms with Gasteiger partial charge in [0.05, 0.1) is 35.1 Å². The van der Waals surface area contributed by atoms with Crippen molar-refractivity contribution < 1.29 is 24.3 Å². The van der Waals surface area contributed by atoms with Gasteiger partial charge in [-0.25, -0.2) is 0 Å². The van der Waals surface area contributed by atoms with Crippen LogP contribution in [0.15, 0.2) is 47.0 Å². The van der Waals surface area contributed by atoms with Gasteiger partial charge < -0.3 is 24.8 Å². The summed E-state index contributed by atoms with van der Waals surface area (Å²) in [5.41, 5.74) is 3.92. The second-order valence-electron chi connectivity index (χ2n) is 7.96. The van der Waals surface area contributed by atoms with E-state index in [9.17, 15) is 15.0 Å². The maximum absolute atomic E-state index is 12.6. The van der Waals surface area contributed by atoms with Crippen LogP contribution in [0.3, 0.4) is 0 Å². The number of hydrogen-bond donors (Lipinski definition) is 3.